The predicted molar refractivity (Wildman–Crippen MR) is 92.2 cm³/mol. The molecule has 0 saturated heterocycles. The molecule has 3 nitrogen and oxygen atoms in total. The van der Waals surface area contributed by atoms with Gasteiger partial charge in [-0.05, 0) is 60.2 Å². The van der Waals surface area contributed by atoms with Crippen molar-refractivity contribution < 1.29 is 0 Å². The van der Waals surface area contributed by atoms with Gasteiger partial charge in [-0.2, -0.15) is 5.10 Å². The second kappa shape index (κ2) is 6.91. The van der Waals surface area contributed by atoms with E-state index >= 15 is 0 Å². The number of nitrogens with zero attached hydrogens (tertiary/aromatic N) is 2. The van der Waals surface area contributed by atoms with E-state index in [0.29, 0.717) is 0 Å². The first-order valence-electron chi connectivity index (χ1n) is 6.69. The molecule has 1 atom stereocenters. The average Bonchev–Trinajstić information content (AvgIpc) is 2.64. The van der Waals surface area contributed by atoms with Gasteiger partial charge < -0.3 is 5.32 Å². The molecule has 1 heterocycles. The fourth-order valence-corrected chi connectivity index (χ4v) is 3.21. The minimum Gasteiger partial charge on any atom is -0.310 e. The number of benzene rings is 1. The highest BCUT2D eigenvalue weighted by Gasteiger charge is 2.18. The van der Waals surface area contributed by atoms with Crippen molar-refractivity contribution in [3.8, 4) is 0 Å². The molecule has 1 aromatic carbocycles. The Morgan fingerprint density at radius 2 is 2.20 bits per heavy atom. The molecule has 0 amide bonds. The van der Waals surface area contributed by atoms with Crippen LogP contribution in [0.15, 0.2) is 24.3 Å². The van der Waals surface area contributed by atoms with Crippen LogP contribution in [0.1, 0.15) is 29.8 Å². The normalized spacial score (nSPS) is 12.7. The SMILES string of the molecule is CCNC(Cc1c(C)nn(C)c1Cl)c1cccc(I)c1. The van der Waals surface area contributed by atoms with Crippen molar-refractivity contribution in [3.05, 3.63) is 49.8 Å². The molecule has 0 aliphatic heterocycles. The highest BCUT2D eigenvalue weighted by Crippen LogP contribution is 2.26. The van der Waals surface area contributed by atoms with E-state index in [9.17, 15) is 0 Å². The summed E-state index contributed by atoms with van der Waals surface area (Å²) >= 11 is 8.69. The van der Waals surface area contributed by atoms with E-state index < -0.39 is 0 Å². The summed E-state index contributed by atoms with van der Waals surface area (Å²) in [5, 5.41) is 8.66. The smallest absolute Gasteiger partial charge is 0.130 e. The van der Waals surface area contributed by atoms with Crippen LogP contribution in [0.2, 0.25) is 5.15 Å². The van der Waals surface area contributed by atoms with Crippen LogP contribution in [-0.2, 0) is 13.5 Å². The van der Waals surface area contributed by atoms with Crippen LogP contribution in [0.3, 0.4) is 0 Å². The van der Waals surface area contributed by atoms with Crippen molar-refractivity contribution >= 4 is 34.2 Å². The van der Waals surface area contributed by atoms with Gasteiger partial charge >= 0.3 is 0 Å². The van der Waals surface area contributed by atoms with Crippen LogP contribution in [0.25, 0.3) is 0 Å². The lowest BCUT2D eigenvalue weighted by Gasteiger charge is -2.18. The minimum atomic E-state index is 0.259. The van der Waals surface area contributed by atoms with Crippen molar-refractivity contribution in [1.29, 1.82) is 0 Å². The van der Waals surface area contributed by atoms with Crippen molar-refractivity contribution in [2.75, 3.05) is 6.54 Å². The molecule has 0 bridgehead atoms. The van der Waals surface area contributed by atoms with E-state index in [2.05, 4.69) is 64.2 Å². The first-order valence-corrected chi connectivity index (χ1v) is 8.15. The van der Waals surface area contributed by atoms with Crippen molar-refractivity contribution in [2.45, 2.75) is 26.3 Å². The zero-order valence-corrected chi connectivity index (χ0v) is 14.9. The van der Waals surface area contributed by atoms with Crippen molar-refractivity contribution in [3.63, 3.8) is 0 Å². The molecule has 0 aliphatic rings. The van der Waals surface area contributed by atoms with Crippen LogP contribution < -0.4 is 5.32 Å². The van der Waals surface area contributed by atoms with Gasteiger partial charge in [0.05, 0.1) is 5.69 Å². The first-order chi connectivity index (χ1) is 9.52. The van der Waals surface area contributed by atoms with Gasteiger partial charge in [0.1, 0.15) is 5.15 Å². The van der Waals surface area contributed by atoms with Crippen LogP contribution >= 0.6 is 34.2 Å². The summed E-state index contributed by atoms with van der Waals surface area (Å²) in [7, 11) is 1.88. The highest BCUT2D eigenvalue weighted by atomic mass is 127. The molecule has 0 aliphatic carbocycles. The summed E-state index contributed by atoms with van der Waals surface area (Å²) in [4.78, 5) is 0. The van der Waals surface area contributed by atoms with E-state index in [0.717, 1.165) is 29.4 Å². The summed E-state index contributed by atoms with van der Waals surface area (Å²) in [6, 6.07) is 8.84. The van der Waals surface area contributed by atoms with Crippen LogP contribution in [0, 0.1) is 10.5 Å². The standard InChI is InChI=1S/C15H19ClIN3/c1-4-18-14(11-6-5-7-12(17)8-11)9-13-10(2)19-20(3)15(13)16/h5-8,14,18H,4,9H2,1-3H3. The van der Waals surface area contributed by atoms with Gasteiger partial charge in [0.25, 0.3) is 0 Å². The molecule has 2 rings (SSSR count). The van der Waals surface area contributed by atoms with Gasteiger partial charge in [-0.25, -0.2) is 0 Å². The number of rotatable bonds is 5. The Morgan fingerprint density at radius 1 is 1.45 bits per heavy atom. The summed E-state index contributed by atoms with van der Waals surface area (Å²) in [6.45, 7) is 5.06. The molecule has 1 N–H and O–H groups in total. The second-order valence-electron chi connectivity index (χ2n) is 4.85. The Balaban J connectivity index is 2.30. The van der Waals surface area contributed by atoms with Gasteiger partial charge in [-0.15, -0.1) is 0 Å². The molecule has 2 aromatic rings. The number of likely N-dealkylation sites (N-methyl/N-ethyl adjacent to an activating group) is 1. The van der Waals surface area contributed by atoms with E-state index in [4.69, 9.17) is 11.6 Å². The maximum Gasteiger partial charge on any atom is 0.130 e. The molecule has 0 radical (unpaired) electrons. The molecule has 1 unspecified atom stereocenters. The predicted octanol–water partition coefficient (Wildman–Crippen LogP) is 3.88. The lowest BCUT2D eigenvalue weighted by Crippen LogP contribution is -2.23. The van der Waals surface area contributed by atoms with E-state index in [1.807, 2.05) is 14.0 Å². The lowest BCUT2D eigenvalue weighted by molar-refractivity contribution is 0.548. The Bertz CT molecular complexity index is 595. The molecule has 108 valence electrons. The van der Waals surface area contributed by atoms with Gasteiger partial charge in [0, 0.05) is 22.2 Å². The molecular formula is C15H19ClIN3. The van der Waals surface area contributed by atoms with Crippen molar-refractivity contribution in [2.24, 2.45) is 7.05 Å². The first kappa shape index (κ1) is 15.8. The highest BCUT2D eigenvalue weighted by molar-refractivity contribution is 14.1. The third-order valence-electron chi connectivity index (χ3n) is 3.38. The van der Waals surface area contributed by atoms with E-state index in [-0.39, 0.29) is 6.04 Å². The maximum absolute atomic E-state index is 6.35. The fraction of sp³-hybridized carbons (Fsp3) is 0.400. The lowest BCUT2D eigenvalue weighted by atomic mass is 9.99. The quantitative estimate of drug-likeness (QED) is 0.768. The van der Waals surface area contributed by atoms with Crippen LogP contribution in [0.5, 0.6) is 0 Å². The molecular weight excluding hydrogens is 385 g/mol. The monoisotopic (exact) mass is 403 g/mol. The Labute approximate surface area is 138 Å². The zero-order chi connectivity index (χ0) is 14.7. The number of aryl methyl sites for hydroxylation is 2. The van der Waals surface area contributed by atoms with Gasteiger partial charge in [0.2, 0.25) is 0 Å². The molecule has 20 heavy (non-hydrogen) atoms. The summed E-state index contributed by atoms with van der Waals surface area (Å²) in [6.07, 6.45) is 0.854. The van der Waals surface area contributed by atoms with E-state index in [1.54, 1.807) is 4.68 Å². The maximum atomic E-state index is 6.35. The molecule has 5 heteroatoms. The number of nitrogens with one attached hydrogen (secondary N) is 1. The van der Waals surface area contributed by atoms with Crippen LogP contribution in [0.4, 0.5) is 0 Å². The Morgan fingerprint density at radius 3 is 2.75 bits per heavy atom. The van der Waals surface area contributed by atoms with Crippen molar-refractivity contribution in [1.82, 2.24) is 15.1 Å². The average molecular weight is 404 g/mol. The molecule has 0 spiro atoms. The van der Waals surface area contributed by atoms with Gasteiger partial charge in [0.15, 0.2) is 0 Å². The Kier molecular flexibility index (Phi) is 5.46. The van der Waals surface area contributed by atoms with Crippen LogP contribution in [-0.4, -0.2) is 16.3 Å². The number of hydrogen-bond donors (Lipinski definition) is 1. The molecule has 0 fully saturated rings. The summed E-state index contributed by atoms with van der Waals surface area (Å²) < 4.78 is 2.99. The third-order valence-corrected chi connectivity index (χ3v) is 4.52. The summed E-state index contributed by atoms with van der Waals surface area (Å²) in [5.41, 5.74) is 3.42. The zero-order valence-electron chi connectivity index (χ0n) is 12.0. The molecule has 1 aromatic heterocycles. The van der Waals surface area contributed by atoms with E-state index in [1.165, 1.54) is 9.13 Å². The fourth-order valence-electron chi connectivity index (χ4n) is 2.39. The van der Waals surface area contributed by atoms with Gasteiger partial charge in [-0.3, -0.25) is 4.68 Å². The number of halogens is 2. The largest absolute Gasteiger partial charge is 0.310 e. The molecule has 0 saturated carbocycles. The summed E-state index contributed by atoms with van der Waals surface area (Å²) in [5.74, 6) is 0. The Hall–Kier alpha value is -0.590. The van der Waals surface area contributed by atoms with Gasteiger partial charge in [-0.1, -0.05) is 30.7 Å². The topological polar surface area (TPSA) is 29.9 Å². The third kappa shape index (κ3) is 3.54. The number of hydrogen-bond acceptors (Lipinski definition) is 2. The second-order valence-corrected chi connectivity index (χ2v) is 6.45. The number of aromatic nitrogens is 2. The minimum absolute atomic E-state index is 0.259.